The molecule has 0 saturated heterocycles. The van der Waals surface area contributed by atoms with E-state index in [9.17, 15) is 0 Å². The third kappa shape index (κ3) is 1.46. The van der Waals surface area contributed by atoms with Gasteiger partial charge in [0.1, 0.15) is 0 Å². The maximum absolute atomic E-state index is 4.74. The summed E-state index contributed by atoms with van der Waals surface area (Å²) in [4.78, 5) is 1.14. The highest BCUT2D eigenvalue weighted by Crippen LogP contribution is 2.19. The quantitative estimate of drug-likeness (QED) is 0.542. The van der Waals surface area contributed by atoms with Crippen LogP contribution in [0.3, 0.4) is 0 Å². The Morgan fingerprint density at radius 3 is 2.12 bits per heavy atom. The van der Waals surface area contributed by atoms with Crippen LogP contribution in [0.2, 0.25) is 0 Å². The minimum absolute atomic E-state index is 1.14. The van der Waals surface area contributed by atoms with Gasteiger partial charge < -0.3 is 0 Å². The van der Waals surface area contributed by atoms with Crippen LogP contribution in [0, 0.1) is 0 Å². The van der Waals surface area contributed by atoms with E-state index in [1.165, 1.54) is 10.8 Å². The van der Waals surface area contributed by atoms with Crippen molar-refractivity contribution in [3.05, 3.63) is 30.3 Å². The Kier molecular flexibility index (Phi) is 2.30. The number of rotatable bonds is 1. The van der Waals surface area contributed by atoms with Gasteiger partial charge in [0, 0.05) is 4.90 Å². The van der Waals surface area contributed by atoms with Crippen molar-refractivity contribution in [2.75, 3.05) is 0 Å². The second-order valence-electron chi connectivity index (χ2n) is 1.40. The van der Waals surface area contributed by atoms with Crippen molar-refractivity contribution >= 4 is 22.5 Å². The summed E-state index contributed by atoms with van der Waals surface area (Å²) in [7, 11) is 1.35. The van der Waals surface area contributed by atoms with Gasteiger partial charge in [-0.15, -0.1) is 0 Å². The van der Waals surface area contributed by atoms with Crippen LogP contribution in [0.15, 0.2) is 35.2 Å². The van der Waals surface area contributed by atoms with Crippen molar-refractivity contribution in [1.82, 2.24) is 0 Å². The summed E-state index contributed by atoms with van der Waals surface area (Å²) in [5.74, 6) is 0. The minimum Gasteiger partial charge on any atom is -0.0622 e. The lowest BCUT2D eigenvalue weighted by atomic mass is 10.4. The molecule has 1 aromatic carbocycles. The highest BCUT2D eigenvalue weighted by molar-refractivity contribution is 8.68. The fourth-order valence-corrected chi connectivity index (χ4v) is 1.08. The molecule has 0 atom stereocenters. The Bertz CT molecular complexity index is 148. The molecule has 0 amide bonds. The van der Waals surface area contributed by atoms with Crippen molar-refractivity contribution < 1.29 is 0 Å². The standard InChI is InChI=1S/C6H5S2/c7-8-6-4-2-1-3-5-6/h1-5H. The van der Waals surface area contributed by atoms with Gasteiger partial charge in [-0.05, 0) is 34.6 Å². The van der Waals surface area contributed by atoms with Crippen LogP contribution in [-0.2, 0) is 0 Å². The molecule has 0 bridgehead atoms. The molecule has 0 N–H and O–H groups in total. The Balaban J connectivity index is 2.83. The summed E-state index contributed by atoms with van der Waals surface area (Å²) in [6.07, 6.45) is 0. The third-order valence-electron chi connectivity index (χ3n) is 0.839. The van der Waals surface area contributed by atoms with E-state index in [0.29, 0.717) is 0 Å². The van der Waals surface area contributed by atoms with Gasteiger partial charge in [0.2, 0.25) is 0 Å². The van der Waals surface area contributed by atoms with Crippen LogP contribution >= 0.6 is 22.5 Å². The van der Waals surface area contributed by atoms with Gasteiger partial charge in [0.05, 0.1) is 0 Å². The maximum Gasteiger partial charge on any atom is 0.0191 e. The molecule has 0 heterocycles. The molecule has 1 rings (SSSR count). The van der Waals surface area contributed by atoms with E-state index in [0.717, 1.165) is 4.90 Å². The Hall–Kier alpha value is -0.0800. The number of hydrogen-bond acceptors (Lipinski definition) is 1. The lowest BCUT2D eigenvalue weighted by molar-refractivity contribution is 1.48. The SMILES string of the molecule is [S]Sc1ccccc1. The van der Waals surface area contributed by atoms with Gasteiger partial charge in [-0.1, -0.05) is 18.2 Å². The van der Waals surface area contributed by atoms with Gasteiger partial charge in [0.15, 0.2) is 0 Å². The largest absolute Gasteiger partial charge is 0.0622 e. The summed E-state index contributed by atoms with van der Waals surface area (Å²) in [6.45, 7) is 0. The molecule has 0 unspecified atom stereocenters. The third-order valence-corrected chi connectivity index (χ3v) is 1.88. The van der Waals surface area contributed by atoms with Crippen LogP contribution in [0.1, 0.15) is 0 Å². The fourth-order valence-electron chi connectivity index (χ4n) is 0.476. The van der Waals surface area contributed by atoms with Crippen molar-refractivity contribution in [1.29, 1.82) is 0 Å². The van der Waals surface area contributed by atoms with Crippen LogP contribution in [0.5, 0.6) is 0 Å². The van der Waals surface area contributed by atoms with Crippen molar-refractivity contribution in [2.24, 2.45) is 0 Å². The molecule has 0 aliphatic heterocycles. The second-order valence-corrected chi connectivity index (χ2v) is 2.53. The van der Waals surface area contributed by atoms with Crippen molar-refractivity contribution in [3.63, 3.8) is 0 Å². The van der Waals surface area contributed by atoms with E-state index in [4.69, 9.17) is 11.7 Å². The smallest absolute Gasteiger partial charge is 0.0191 e. The molecule has 1 aromatic rings. The van der Waals surface area contributed by atoms with Gasteiger partial charge in [-0.2, -0.15) is 0 Å². The molecule has 8 heavy (non-hydrogen) atoms. The van der Waals surface area contributed by atoms with E-state index >= 15 is 0 Å². The first-order chi connectivity index (χ1) is 3.93. The van der Waals surface area contributed by atoms with E-state index in [2.05, 4.69) is 0 Å². The monoisotopic (exact) mass is 141 g/mol. The van der Waals surface area contributed by atoms with Crippen LogP contribution in [0.4, 0.5) is 0 Å². The molecule has 0 saturated carbocycles. The minimum atomic E-state index is 1.14. The topological polar surface area (TPSA) is 0 Å². The molecule has 1 radical (unpaired) electrons. The fraction of sp³-hybridized carbons (Fsp3) is 0. The molecular weight excluding hydrogens is 136 g/mol. The molecule has 0 aromatic heterocycles. The average Bonchev–Trinajstić information content (AvgIpc) is 1.90. The van der Waals surface area contributed by atoms with Crippen molar-refractivity contribution in [2.45, 2.75) is 4.90 Å². The van der Waals surface area contributed by atoms with E-state index in [-0.39, 0.29) is 0 Å². The first kappa shape index (κ1) is 6.05. The molecule has 0 aliphatic rings. The van der Waals surface area contributed by atoms with E-state index < -0.39 is 0 Å². The first-order valence-corrected chi connectivity index (χ1v) is 4.02. The van der Waals surface area contributed by atoms with Gasteiger partial charge in [-0.25, -0.2) is 0 Å². The Labute approximate surface area is 58.1 Å². The first-order valence-electron chi connectivity index (χ1n) is 2.28. The zero-order valence-electron chi connectivity index (χ0n) is 4.20. The summed E-state index contributed by atoms with van der Waals surface area (Å²) in [5.41, 5.74) is 0. The van der Waals surface area contributed by atoms with E-state index in [1.807, 2.05) is 30.3 Å². The summed E-state index contributed by atoms with van der Waals surface area (Å²) in [5, 5.41) is 0. The lowest BCUT2D eigenvalue weighted by Crippen LogP contribution is -1.60. The molecule has 41 valence electrons. The zero-order valence-corrected chi connectivity index (χ0v) is 5.84. The summed E-state index contributed by atoms with van der Waals surface area (Å²) in [6, 6.07) is 9.94. The van der Waals surface area contributed by atoms with Gasteiger partial charge in [-0.3, -0.25) is 0 Å². The molecule has 0 spiro atoms. The summed E-state index contributed by atoms with van der Waals surface area (Å²) >= 11 is 4.74. The number of hydrogen-bond donors (Lipinski definition) is 0. The molecule has 0 fully saturated rings. The summed E-state index contributed by atoms with van der Waals surface area (Å²) < 4.78 is 0. The average molecular weight is 141 g/mol. The van der Waals surface area contributed by atoms with E-state index in [1.54, 1.807) is 0 Å². The lowest BCUT2D eigenvalue weighted by Gasteiger charge is -1.87. The van der Waals surface area contributed by atoms with Crippen molar-refractivity contribution in [3.8, 4) is 0 Å². The highest BCUT2D eigenvalue weighted by Gasteiger charge is 1.82. The van der Waals surface area contributed by atoms with Crippen LogP contribution < -0.4 is 0 Å². The normalized spacial score (nSPS) is 9.12. The molecule has 2 heteroatoms. The highest BCUT2D eigenvalue weighted by atomic mass is 33.1. The molecule has 0 aliphatic carbocycles. The number of benzene rings is 1. The molecular formula is C6H5S2. The van der Waals surface area contributed by atoms with Crippen LogP contribution in [-0.4, -0.2) is 0 Å². The van der Waals surface area contributed by atoms with Crippen LogP contribution in [0.25, 0.3) is 0 Å². The Morgan fingerprint density at radius 2 is 1.75 bits per heavy atom. The zero-order chi connectivity index (χ0) is 5.82. The van der Waals surface area contributed by atoms with Gasteiger partial charge >= 0.3 is 0 Å². The Morgan fingerprint density at radius 1 is 1.12 bits per heavy atom. The van der Waals surface area contributed by atoms with Gasteiger partial charge in [0.25, 0.3) is 0 Å². The predicted octanol–water partition coefficient (Wildman–Crippen LogP) is 2.89. The maximum atomic E-state index is 4.74. The molecule has 0 nitrogen and oxygen atoms in total. The second kappa shape index (κ2) is 3.05. The predicted molar refractivity (Wildman–Crippen MR) is 39.9 cm³/mol.